The summed E-state index contributed by atoms with van der Waals surface area (Å²) in [5.41, 5.74) is 0.274. The van der Waals surface area contributed by atoms with Gasteiger partial charge in [-0.15, -0.1) is 0 Å². The van der Waals surface area contributed by atoms with Crippen molar-refractivity contribution in [3.05, 3.63) is 70.0 Å². The molecule has 2 heterocycles. The molecular weight excluding hydrogens is 469 g/mol. The van der Waals surface area contributed by atoms with E-state index in [1.807, 2.05) is 0 Å². The van der Waals surface area contributed by atoms with E-state index in [1.165, 1.54) is 12.1 Å². The van der Waals surface area contributed by atoms with Gasteiger partial charge in [0.25, 0.3) is 5.91 Å². The van der Waals surface area contributed by atoms with E-state index in [2.05, 4.69) is 20.5 Å². The zero-order valence-corrected chi connectivity index (χ0v) is 19.8. The van der Waals surface area contributed by atoms with Crippen molar-refractivity contribution in [2.24, 2.45) is 0 Å². The first-order chi connectivity index (χ1) is 17.3. The number of likely N-dealkylation sites (tertiary alicyclic amines) is 1. The number of hydrogen-bond donors (Lipinski definition) is 3. The third-order valence-electron chi connectivity index (χ3n) is 7.25. The van der Waals surface area contributed by atoms with Crippen molar-refractivity contribution in [2.45, 2.75) is 56.8 Å². The number of amides is 1. The monoisotopic (exact) mass is 498 g/mol. The number of carbonyl (C=O) groups is 1. The second-order valence-electron chi connectivity index (χ2n) is 9.68. The first kappa shape index (κ1) is 24.4. The van der Waals surface area contributed by atoms with Crippen LogP contribution >= 0.6 is 0 Å². The SMILES string of the molecule is O=C(Nc1ccc2ccc(=O)[nH]c2c1)c1ccc(C(F)(F)F)cc1N[C@@H]1CCCC[C@H]1N1CCCC1. The third kappa shape index (κ3) is 5.26. The summed E-state index contributed by atoms with van der Waals surface area (Å²) >= 11 is 0. The summed E-state index contributed by atoms with van der Waals surface area (Å²) in [6, 6.07) is 11.6. The van der Waals surface area contributed by atoms with E-state index < -0.39 is 17.6 Å². The fourth-order valence-electron chi connectivity index (χ4n) is 5.45. The van der Waals surface area contributed by atoms with Crippen LogP contribution in [0.1, 0.15) is 54.4 Å². The molecule has 1 saturated heterocycles. The standard InChI is InChI=1S/C27H29F3N4O2/c28-27(29,30)18-9-11-20(26(36)31-19-10-7-17-8-12-25(35)33-22(17)16-19)23(15-18)32-21-5-1-2-6-24(21)34-13-3-4-14-34/h7-12,15-16,21,24,32H,1-6,13-14H2,(H,31,36)(H,33,35)/t21-,24-/m1/s1. The Kier molecular flexibility index (Phi) is 6.75. The highest BCUT2D eigenvalue weighted by Crippen LogP contribution is 2.35. The van der Waals surface area contributed by atoms with E-state index in [4.69, 9.17) is 0 Å². The van der Waals surface area contributed by atoms with Crippen molar-refractivity contribution < 1.29 is 18.0 Å². The number of hydrogen-bond acceptors (Lipinski definition) is 4. The normalized spacial score (nSPS) is 21.0. The molecule has 1 amide bonds. The smallest absolute Gasteiger partial charge is 0.380 e. The molecule has 1 aliphatic heterocycles. The van der Waals surface area contributed by atoms with Crippen molar-refractivity contribution in [3.63, 3.8) is 0 Å². The molecule has 0 bridgehead atoms. The summed E-state index contributed by atoms with van der Waals surface area (Å²) in [5, 5.41) is 6.92. The summed E-state index contributed by atoms with van der Waals surface area (Å²) in [4.78, 5) is 30.1. The van der Waals surface area contributed by atoms with Gasteiger partial charge in [0.1, 0.15) is 0 Å². The molecule has 2 atom stereocenters. The van der Waals surface area contributed by atoms with Crippen molar-refractivity contribution >= 4 is 28.2 Å². The Morgan fingerprint density at radius 1 is 0.944 bits per heavy atom. The predicted octanol–water partition coefficient (Wildman–Crippen LogP) is 5.62. The quantitative estimate of drug-likeness (QED) is 0.427. The van der Waals surface area contributed by atoms with Crippen LogP contribution in [0.4, 0.5) is 24.5 Å². The molecule has 1 saturated carbocycles. The minimum absolute atomic E-state index is 0.0300. The second-order valence-corrected chi connectivity index (χ2v) is 9.68. The minimum Gasteiger partial charge on any atom is -0.380 e. The highest BCUT2D eigenvalue weighted by Gasteiger charge is 2.34. The lowest BCUT2D eigenvalue weighted by Gasteiger charge is -2.39. The zero-order valence-electron chi connectivity index (χ0n) is 19.8. The van der Waals surface area contributed by atoms with E-state index in [0.29, 0.717) is 11.2 Å². The topological polar surface area (TPSA) is 77.2 Å². The third-order valence-corrected chi connectivity index (χ3v) is 7.25. The number of nitrogens with zero attached hydrogens (tertiary/aromatic N) is 1. The fraction of sp³-hybridized carbons (Fsp3) is 0.407. The van der Waals surface area contributed by atoms with Crippen LogP contribution in [0.25, 0.3) is 10.9 Å². The number of rotatable bonds is 5. The molecule has 1 aromatic heterocycles. The molecule has 0 radical (unpaired) electrons. The molecule has 6 nitrogen and oxygen atoms in total. The molecule has 0 spiro atoms. The Morgan fingerprint density at radius 3 is 2.47 bits per heavy atom. The van der Waals surface area contributed by atoms with Crippen molar-refractivity contribution in [1.82, 2.24) is 9.88 Å². The highest BCUT2D eigenvalue weighted by atomic mass is 19.4. The fourth-order valence-corrected chi connectivity index (χ4v) is 5.45. The maximum atomic E-state index is 13.6. The van der Waals surface area contributed by atoms with Gasteiger partial charge < -0.3 is 15.6 Å². The van der Waals surface area contributed by atoms with Crippen molar-refractivity contribution in [3.8, 4) is 0 Å². The Morgan fingerprint density at radius 2 is 1.69 bits per heavy atom. The number of pyridine rings is 1. The number of H-pyrrole nitrogens is 1. The van der Waals surface area contributed by atoms with Crippen LogP contribution in [0.5, 0.6) is 0 Å². The molecule has 1 aliphatic carbocycles. The van der Waals surface area contributed by atoms with Crippen LogP contribution in [0.2, 0.25) is 0 Å². The lowest BCUT2D eigenvalue weighted by Crippen LogP contribution is -2.47. The molecule has 0 unspecified atom stereocenters. The maximum absolute atomic E-state index is 13.6. The largest absolute Gasteiger partial charge is 0.416 e. The Hall–Kier alpha value is -3.33. The van der Waals surface area contributed by atoms with Gasteiger partial charge >= 0.3 is 6.18 Å². The summed E-state index contributed by atoms with van der Waals surface area (Å²) in [7, 11) is 0. The lowest BCUT2D eigenvalue weighted by molar-refractivity contribution is -0.137. The van der Waals surface area contributed by atoms with Gasteiger partial charge in [-0.1, -0.05) is 18.9 Å². The average molecular weight is 499 g/mol. The number of aromatic nitrogens is 1. The van der Waals surface area contributed by atoms with Crippen molar-refractivity contribution in [2.75, 3.05) is 23.7 Å². The lowest BCUT2D eigenvalue weighted by atomic mass is 9.88. The molecule has 2 fully saturated rings. The van der Waals surface area contributed by atoms with Crippen molar-refractivity contribution in [1.29, 1.82) is 0 Å². The number of anilines is 2. The molecule has 3 aromatic rings. The highest BCUT2D eigenvalue weighted by molar-refractivity contribution is 6.08. The predicted molar refractivity (Wildman–Crippen MR) is 134 cm³/mol. The number of carbonyl (C=O) groups excluding carboxylic acids is 1. The summed E-state index contributed by atoms with van der Waals surface area (Å²) < 4.78 is 40.7. The van der Waals surface area contributed by atoms with E-state index in [9.17, 15) is 22.8 Å². The van der Waals surface area contributed by atoms with Crippen LogP contribution in [0, 0.1) is 0 Å². The van der Waals surface area contributed by atoms with Crippen LogP contribution < -0.4 is 16.2 Å². The summed E-state index contributed by atoms with van der Waals surface area (Å²) in [5.74, 6) is -0.516. The van der Waals surface area contributed by atoms with Crippen LogP contribution in [-0.4, -0.2) is 41.0 Å². The van der Waals surface area contributed by atoms with Crippen LogP contribution in [0.3, 0.4) is 0 Å². The van der Waals surface area contributed by atoms with E-state index in [0.717, 1.165) is 69.1 Å². The number of benzene rings is 2. The number of nitrogens with one attached hydrogen (secondary N) is 3. The first-order valence-corrected chi connectivity index (χ1v) is 12.4. The van der Waals surface area contributed by atoms with Gasteiger partial charge in [-0.3, -0.25) is 14.5 Å². The van der Waals surface area contributed by atoms with E-state index in [-0.39, 0.29) is 28.9 Å². The maximum Gasteiger partial charge on any atom is 0.416 e. The van der Waals surface area contributed by atoms with E-state index >= 15 is 0 Å². The Labute approximate surface area is 206 Å². The molecule has 2 aliphatic rings. The van der Waals surface area contributed by atoms with Gasteiger partial charge in [0.05, 0.1) is 16.6 Å². The molecule has 190 valence electrons. The molecule has 9 heteroatoms. The van der Waals surface area contributed by atoms with Gasteiger partial charge in [0.15, 0.2) is 0 Å². The average Bonchev–Trinajstić information content (AvgIpc) is 3.38. The van der Waals surface area contributed by atoms with E-state index in [1.54, 1.807) is 24.3 Å². The number of fused-ring (bicyclic) bond motifs is 1. The van der Waals surface area contributed by atoms with Crippen LogP contribution in [-0.2, 0) is 6.18 Å². The molecule has 2 aromatic carbocycles. The summed E-state index contributed by atoms with van der Waals surface area (Å²) in [6.45, 7) is 2.01. The number of alkyl halides is 3. The van der Waals surface area contributed by atoms with Gasteiger partial charge in [-0.05, 0) is 80.6 Å². The van der Waals surface area contributed by atoms with Crippen LogP contribution in [0.15, 0.2) is 53.3 Å². The molecule has 36 heavy (non-hydrogen) atoms. The number of halogens is 3. The second kappa shape index (κ2) is 9.97. The minimum atomic E-state index is -4.52. The van der Waals surface area contributed by atoms with Gasteiger partial charge in [-0.2, -0.15) is 13.2 Å². The molecule has 3 N–H and O–H groups in total. The van der Waals surface area contributed by atoms with Gasteiger partial charge in [-0.25, -0.2) is 0 Å². The first-order valence-electron chi connectivity index (χ1n) is 12.4. The summed E-state index contributed by atoms with van der Waals surface area (Å²) in [6.07, 6.45) is 1.69. The zero-order chi connectivity index (χ0) is 25.3. The molecule has 5 rings (SSSR count). The molecular formula is C27H29F3N4O2. The Bertz CT molecular complexity index is 1310. The number of aromatic amines is 1. The van der Waals surface area contributed by atoms with Gasteiger partial charge in [0, 0.05) is 29.5 Å². The Balaban J connectivity index is 1.44. The van der Waals surface area contributed by atoms with Gasteiger partial charge in [0.2, 0.25) is 5.56 Å².